The Morgan fingerprint density at radius 1 is 1.33 bits per heavy atom. The number of halogens is 2. The van der Waals surface area contributed by atoms with Crippen LogP contribution >= 0.6 is 15.9 Å². The highest BCUT2D eigenvalue weighted by Gasteiger charge is 2.13. The number of rotatable bonds is 3. The Hall–Kier alpha value is -1.89. The minimum atomic E-state index is -0.372. The highest BCUT2D eigenvalue weighted by molar-refractivity contribution is 9.10. The van der Waals surface area contributed by atoms with E-state index < -0.39 is 0 Å². The van der Waals surface area contributed by atoms with Crippen molar-refractivity contribution in [1.82, 2.24) is 9.97 Å². The molecule has 0 radical (unpaired) electrons. The van der Waals surface area contributed by atoms with Crippen LogP contribution in [0, 0.1) is 5.82 Å². The van der Waals surface area contributed by atoms with Crippen molar-refractivity contribution in [2.75, 3.05) is 12.8 Å². The number of anilines is 1. The van der Waals surface area contributed by atoms with Gasteiger partial charge in [-0.3, -0.25) is 0 Å². The van der Waals surface area contributed by atoms with Gasteiger partial charge in [-0.1, -0.05) is 0 Å². The molecule has 2 rings (SSSR count). The van der Waals surface area contributed by atoms with Gasteiger partial charge in [0.1, 0.15) is 17.9 Å². The van der Waals surface area contributed by atoms with Gasteiger partial charge in [0.15, 0.2) is 5.82 Å². The average molecular weight is 314 g/mol. The van der Waals surface area contributed by atoms with Crippen molar-refractivity contribution >= 4 is 21.7 Å². The maximum Gasteiger partial charge on any atom is 0.268 e. The summed E-state index contributed by atoms with van der Waals surface area (Å²) < 4.78 is 23.9. The molecule has 1 aromatic carbocycles. The Kier molecular flexibility index (Phi) is 3.61. The number of aromatic nitrogens is 2. The van der Waals surface area contributed by atoms with Gasteiger partial charge in [0.2, 0.25) is 5.75 Å². The average Bonchev–Trinajstić information content (AvgIpc) is 2.33. The van der Waals surface area contributed by atoms with E-state index >= 15 is 0 Å². The number of methoxy groups -OCH3 is 1. The summed E-state index contributed by atoms with van der Waals surface area (Å²) in [6, 6.07) is 4.03. The van der Waals surface area contributed by atoms with Crippen LogP contribution in [-0.2, 0) is 0 Å². The van der Waals surface area contributed by atoms with Crippen LogP contribution in [0.1, 0.15) is 0 Å². The van der Waals surface area contributed by atoms with Crippen LogP contribution in [-0.4, -0.2) is 17.1 Å². The standard InChI is InChI=1S/C11H9BrFN3O2/c1-17-9-10(14)15-5-16-11(9)18-8-3-2-6(13)4-7(8)12/h2-5H,1H3,(H2,14,15,16). The van der Waals surface area contributed by atoms with Gasteiger partial charge in [-0.25, -0.2) is 9.37 Å². The Balaban J connectivity index is 2.37. The number of ether oxygens (including phenoxy) is 2. The topological polar surface area (TPSA) is 70.3 Å². The van der Waals surface area contributed by atoms with E-state index in [0.29, 0.717) is 10.2 Å². The summed E-state index contributed by atoms with van der Waals surface area (Å²) in [5.41, 5.74) is 5.62. The lowest BCUT2D eigenvalue weighted by Crippen LogP contribution is -2.00. The molecule has 0 bridgehead atoms. The lowest BCUT2D eigenvalue weighted by molar-refractivity contribution is 0.368. The molecule has 0 atom stereocenters. The van der Waals surface area contributed by atoms with Gasteiger partial charge in [0.25, 0.3) is 5.88 Å². The van der Waals surface area contributed by atoms with Crippen LogP contribution < -0.4 is 15.2 Å². The van der Waals surface area contributed by atoms with Gasteiger partial charge in [-0.2, -0.15) is 4.98 Å². The molecule has 7 heteroatoms. The zero-order valence-electron chi connectivity index (χ0n) is 9.35. The van der Waals surface area contributed by atoms with Crippen LogP contribution in [0.4, 0.5) is 10.2 Å². The number of hydrogen-bond acceptors (Lipinski definition) is 5. The maximum absolute atomic E-state index is 12.9. The van der Waals surface area contributed by atoms with Gasteiger partial charge >= 0.3 is 0 Å². The first kappa shape index (κ1) is 12.6. The number of hydrogen-bond donors (Lipinski definition) is 1. The first-order valence-corrected chi connectivity index (χ1v) is 5.68. The fraction of sp³-hybridized carbons (Fsp3) is 0.0909. The number of nitrogens with two attached hydrogens (primary N) is 1. The van der Waals surface area contributed by atoms with E-state index in [9.17, 15) is 4.39 Å². The molecule has 0 spiro atoms. The molecule has 1 heterocycles. The minimum Gasteiger partial charge on any atom is -0.489 e. The highest BCUT2D eigenvalue weighted by atomic mass is 79.9. The number of nitrogen functional groups attached to an aromatic ring is 1. The molecule has 2 aromatic rings. The fourth-order valence-electron chi connectivity index (χ4n) is 1.30. The van der Waals surface area contributed by atoms with Crippen molar-refractivity contribution in [2.24, 2.45) is 0 Å². The molecule has 0 aliphatic rings. The maximum atomic E-state index is 12.9. The third-order valence-electron chi connectivity index (χ3n) is 2.10. The monoisotopic (exact) mass is 313 g/mol. The highest BCUT2D eigenvalue weighted by Crippen LogP contribution is 2.35. The molecule has 0 aliphatic heterocycles. The summed E-state index contributed by atoms with van der Waals surface area (Å²) in [6.45, 7) is 0. The zero-order valence-corrected chi connectivity index (χ0v) is 10.9. The van der Waals surface area contributed by atoms with Gasteiger partial charge in [0, 0.05) is 0 Å². The zero-order chi connectivity index (χ0) is 13.1. The molecule has 0 saturated heterocycles. The molecule has 0 aliphatic carbocycles. The Morgan fingerprint density at radius 3 is 2.78 bits per heavy atom. The summed E-state index contributed by atoms with van der Waals surface area (Å²) in [5, 5.41) is 0. The normalized spacial score (nSPS) is 10.2. The smallest absolute Gasteiger partial charge is 0.268 e. The fourth-order valence-corrected chi connectivity index (χ4v) is 1.73. The second-order valence-electron chi connectivity index (χ2n) is 3.27. The minimum absolute atomic E-state index is 0.164. The summed E-state index contributed by atoms with van der Waals surface area (Å²) in [5.74, 6) is 0.586. The van der Waals surface area contributed by atoms with E-state index in [4.69, 9.17) is 15.2 Å². The van der Waals surface area contributed by atoms with Crippen LogP contribution in [0.5, 0.6) is 17.4 Å². The van der Waals surface area contributed by atoms with Crippen molar-refractivity contribution in [2.45, 2.75) is 0 Å². The lowest BCUT2D eigenvalue weighted by Gasteiger charge is -2.10. The Morgan fingerprint density at radius 2 is 2.11 bits per heavy atom. The third-order valence-corrected chi connectivity index (χ3v) is 2.72. The predicted molar refractivity (Wildman–Crippen MR) is 67.2 cm³/mol. The second-order valence-corrected chi connectivity index (χ2v) is 4.13. The Bertz CT molecular complexity index is 580. The van der Waals surface area contributed by atoms with Crippen molar-refractivity contribution < 1.29 is 13.9 Å². The van der Waals surface area contributed by atoms with Crippen molar-refractivity contribution in [3.8, 4) is 17.4 Å². The van der Waals surface area contributed by atoms with E-state index in [0.717, 1.165) is 0 Å². The van der Waals surface area contributed by atoms with Crippen molar-refractivity contribution in [1.29, 1.82) is 0 Å². The van der Waals surface area contributed by atoms with Gasteiger partial charge in [0.05, 0.1) is 11.6 Å². The van der Waals surface area contributed by atoms with Crippen LogP contribution in [0.2, 0.25) is 0 Å². The lowest BCUT2D eigenvalue weighted by atomic mass is 10.3. The predicted octanol–water partition coefficient (Wildman–Crippen LogP) is 2.76. The summed E-state index contributed by atoms with van der Waals surface area (Å²) >= 11 is 3.19. The van der Waals surface area contributed by atoms with Crippen molar-refractivity contribution in [3.63, 3.8) is 0 Å². The Labute approximate surface area is 111 Å². The SMILES string of the molecule is COc1c(N)ncnc1Oc1ccc(F)cc1Br. The quantitative estimate of drug-likeness (QED) is 0.943. The molecular weight excluding hydrogens is 305 g/mol. The first-order chi connectivity index (χ1) is 8.61. The van der Waals surface area contributed by atoms with E-state index in [-0.39, 0.29) is 23.3 Å². The first-order valence-electron chi connectivity index (χ1n) is 4.89. The molecule has 0 saturated carbocycles. The molecule has 94 valence electrons. The molecule has 5 nitrogen and oxygen atoms in total. The van der Waals surface area contributed by atoms with E-state index in [1.807, 2.05) is 0 Å². The second kappa shape index (κ2) is 5.18. The molecular formula is C11H9BrFN3O2. The van der Waals surface area contributed by atoms with Crippen LogP contribution in [0.25, 0.3) is 0 Å². The summed E-state index contributed by atoms with van der Waals surface area (Å²) in [4.78, 5) is 7.69. The summed E-state index contributed by atoms with van der Waals surface area (Å²) in [7, 11) is 1.43. The molecule has 18 heavy (non-hydrogen) atoms. The van der Waals surface area contributed by atoms with Gasteiger partial charge in [-0.15, -0.1) is 0 Å². The van der Waals surface area contributed by atoms with Gasteiger partial charge in [-0.05, 0) is 34.1 Å². The number of benzene rings is 1. The molecule has 0 fully saturated rings. The van der Waals surface area contributed by atoms with Crippen LogP contribution in [0.15, 0.2) is 29.0 Å². The van der Waals surface area contributed by atoms with Crippen molar-refractivity contribution in [3.05, 3.63) is 34.8 Å². The van der Waals surface area contributed by atoms with E-state index in [2.05, 4.69) is 25.9 Å². The molecule has 0 amide bonds. The number of nitrogens with zero attached hydrogens (tertiary/aromatic N) is 2. The third kappa shape index (κ3) is 2.51. The molecule has 0 unspecified atom stereocenters. The van der Waals surface area contributed by atoms with E-state index in [1.54, 1.807) is 0 Å². The molecule has 1 aromatic heterocycles. The van der Waals surface area contributed by atoms with Gasteiger partial charge < -0.3 is 15.2 Å². The summed E-state index contributed by atoms with van der Waals surface area (Å²) in [6.07, 6.45) is 1.25. The van der Waals surface area contributed by atoms with Crippen LogP contribution in [0.3, 0.4) is 0 Å². The molecule has 2 N–H and O–H groups in total. The largest absolute Gasteiger partial charge is 0.489 e. The van der Waals surface area contributed by atoms with E-state index in [1.165, 1.54) is 31.6 Å².